The van der Waals surface area contributed by atoms with Crippen molar-refractivity contribution in [3.05, 3.63) is 70.5 Å². The smallest absolute Gasteiger partial charge is 0.127 e. The summed E-state index contributed by atoms with van der Waals surface area (Å²) >= 11 is 11.8. The molecule has 0 saturated heterocycles. The van der Waals surface area contributed by atoms with Crippen LogP contribution in [-0.2, 0) is 6.54 Å². The van der Waals surface area contributed by atoms with E-state index in [1.165, 1.54) is 12.1 Å². The average molecular weight is 298 g/mol. The minimum atomic E-state index is -0.265. The summed E-state index contributed by atoms with van der Waals surface area (Å²) in [6.07, 6.45) is 0. The van der Waals surface area contributed by atoms with Gasteiger partial charge in [0.15, 0.2) is 0 Å². The van der Waals surface area contributed by atoms with Crippen molar-refractivity contribution in [3.63, 3.8) is 0 Å². The summed E-state index contributed by atoms with van der Waals surface area (Å²) in [5, 5.41) is 3.77. The fraction of sp³-hybridized carbons (Fsp3) is 0.200. The Balaban J connectivity index is 2.06. The fourth-order valence-electron chi connectivity index (χ4n) is 1.86. The third-order valence-electron chi connectivity index (χ3n) is 2.90. The SMILES string of the molecule is Fc1ccc(Cl)cc1CNC(CCl)c1ccccc1. The second kappa shape index (κ2) is 6.90. The van der Waals surface area contributed by atoms with Gasteiger partial charge in [0, 0.05) is 29.1 Å². The van der Waals surface area contributed by atoms with Crippen LogP contribution in [0.5, 0.6) is 0 Å². The number of rotatable bonds is 5. The molecule has 0 amide bonds. The molecule has 0 bridgehead atoms. The third kappa shape index (κ3) is 3.93. The Morgan fingerprint density at radius 3 is 2.53 bits per heavy atom. The standard InChI is InChI=1S/C15H14Cl2FN/c16-9-15(11-4-2-1-3-5-11)19-10-12-8-13(17)6-7-14(12)18/h1-8,15,19H,9-10H2. The quantitative estimate of drug-likeness (QED) is 0.799. The van der Waals surface area contributed by atoms with Gasteiger partial charge >= 0.3 is 0 Å². The lowest BCUT2D eigenvalue weighted by molar-refractivity contribution is 0.547. The Hall–Kier alpha value is -1.09. The molecular weight excluding hydrogens is 284 g/mol. The predicted molar refractivity (Wildman–Crippen MR) is 78.2 cm³/mol. The van der Waals surface area contributed by atoms with Crippen molar-refractivity contribution in [2.24, 2.45) is 0 Å². The van der Waals surface area contributed by atoms with E-state index in [-0.39, 0.29) is 11.9 Å². The highest BCUT2D eigenvalue weighted by Crippen LogP contribution is 2.18. The molecule has 100 valence electrons. The monoisotopic (exact) mass is 297 g/mol. The minimum absolute atomic E-state index is 0.0127. The van der Waals surface area contributed by atoms with Crippen LogP contribution in [0, 0.1) is 5.82 Å². The lowest BCUT2D eigenvalue weighted by atomic mass is 10.1. The molecule has 1 atom stereocenters. The Morgan fingerprint density at radius 2 is 1.84 bits per heavy atom. The fourth-order valence-corrected chi connectivity index (χ4v) is 2.34. The van der Waals surface area contributed by atoms with Crippen LogP contribution in [0.25, 0.3) is 0 Å². The third-order valence-corrected chi connectivity index (χ3v) is 3.45. The van der Waals surface area contributed by atoms with Gasteiger partial charge in [-0.2, -0.15) is 0 Å². The predicted octanol–water partition coefficient (Wildman–Crippen LogP) is 4.55. The van der Waals surface area contributed by atoms with Crippen LogP contribution in [0.1, 0.15) is 17.2 Å². The van der Waals surface area contributed by atoms with Crippen molar-refractivity contribution < 1.29 is 4.39 Å². The highest BCUT2D eigenvalue weighted by atomic mass is 35.5. The van der Waals surface area contributed by atoms with Crippen molar-refractivity contribution in [2.75, 3.05) is 5.88 Å². The zero-order chi connectivity index (χ0) is 13.7. The molecule has 0 radical (unpaired) electrons. The summed E-state index contributed by atoms with van der Waals surface area (Å²) in [6.45, 7) is 0.388. The van der Waals surface area contributed by atoms with E-state index in [9.17, 15) is 4.39 Å². The molecule has 0 fully saturated rings. The zero-order valence-electron chi connectivity index (χ0n) is 10.2. The van der Waals surface area contributed by atoms with Crippen molar-refractivity contribution >= 4 is 23.2 Å². The highest BCUT2D eigenvalue weighted by molar-refractivity contribution is 6.30. The Kier molecular flexibility index (Phi) is 5.20. The van der Waals surface area contributed by atoms with Crippen molar-refractivity contribution in [2.45, 2.75) is 12.6 Å². The molecule has 2 aromatic carbocycles. The normalized spacial score (nSPS) is 12.4. The van der Waals surface area contributed by atoms with E-state index in [0.29, 0.717) is 23.0 Å². The first-order chi connectivity index (χ1) is 9.20. The first-order valence-corrected chi connectivity index (χ1v) is 6.90. The highest BCUT2D eigenvalue weighted by Gasteiger charge is 2.10. The van der Waals surface area contributed by atoms with Gasteiger partial charge in [-0.1, -0.05) is 41.9 Å². The largest absolute Gasteiger partial charge is 0.305 e. The van der Waals surface area contributed by atoms with Crippen LogP contribution >= 0.6 is 23.2 Å². The van der Waals surface area contributed by atoms with Gasteiger partial charge in [0.25, 0.3) is 0 Å². The zero-order valence-corrected chi connectivity index (χ0v) is 11.8. The van der Waals surface area contributed by atoms with Crippen LogP contribution in [0.3, 0.4) is 0 Å². The average Bonchev–Trinajstić information content (AvgIpc) is 2.44. The molecule has 4 heteroatoms. The summed E-state index contributed by atoms with van der Waals surface area (Å²) in [7, 11) is 0. The van der Waals surface area contributed by atoms with Crippen LogP contribution < -0.4 is 5.32 Å². The Morgan fingerprint density at radius 1 is 1.11 bits per heavy atom. The molecule has 0 aliphatic heterocycles. The summed E-state index contributed by atoms with van der Waals surface area (Å²) in [5.74, 6) is 0.157. The molecule has 19 heavy (non-hydrogen) atoms. The minimum Gasteiger partial charge on any atom is -0.305 e. The van der Waals surface area contributed by atoms with Gasteiger partial charge in [-0.05, 0) is 23.8 Å². The van der Waals surface area contributed by atoms with Gasteiger partial charge in [-0.15, -0.1) is 11.6 Å². The van der Waals surface area contributed by atoms with E-state index in [4.69, 9.17) is 23.2 Å². The van der Waals surface area contributed by atoms with E-state index >= 15 is 0 Å². The summed E-state index contributed by atoms with van der Waals surface area (Å²) in [4.78, 5) is 0. The van der Waals surface area contributed by atoms with E-state index in [0.717, 1.165) is 5.56 Å². The number of alkyl halides is 1. The van der Waals surface area contributed by atoms with Crippen molar-refractivity contribution in [1.29, 1.82) is 0 Å². The second-order valence-electron chi connectivity index (χ2n) is 4.23. The molecule has 1 nitrogen and oxygen atoms in total. The van der Waals surface area contributed by atoms with E-state index in [1.807, 2.05) is 30.3 Å². The lowest BCUT2D eigenvalue weighted by Gasteiger charge is -2.17. The van der Waals surface area contributed by atoms with Crippen molar-refractivity contribution in [3.8, 4) is 0 Å². The topological polar surface area (TPSA) is 12.0 Å². The molecule has 2 aromatic rings. The molecule has 1 N–H and O–H groups in total. The molecule has 0 aliphatic carbocycles. The van der Waals surface area contributed by atoms with E-state index in [1.54, 1.807) is 6.07 Å². The molecule has 1 unspecified atom stereocenters. The molecule has 0 spiro atoms. The summed E-state index contributed by atoms with van der Waals surface area (Å²) in [6, 6.07) is 14.4. The van der Waals surface area contributed by atoms with E-state index in [2.05, 4.69) is 5.32 Å². The molecular formula is C15H14Cl2FN. The number of nitrogens with one attached hydrogen (secondary N) is 1. The maximum Gasteiger partial charge on any atom is 0.127 e. The Labute approximate surface area is 122 Å². The summed E-state index contributed by atoms with van der Waals surface area (Å²) < 4.78 is 13.6. The number of halogens is 3. The van der Waals surface area contributed by atoms with Gasteiger partial charge in [0.1, 0.15) is 5.82 Å². The van der Waals surface area contributed by atoms with Crippen molar-refractivity contribution in [1.82, 2.24) is 5.32 Å². The number of hydrogen-bond acceptors (Lipinski definition) is 1. The number of benzene rings is 2. The first-order valence-electron chi connectivity index (χ1n) is 5.99. The van der Waals surface area contributed by atoms with Gasteiger partial charge in [-0.3, -0.25) is 0 Å². The van der Waals surface area contributed by atoms with Crippen LogP contribution in [0.2, 0.25) is 5.02 Å². The molecule has 0 saturated carbocycles. The van der Waals surface area contributed by atoms with Gasteiger partial charge in [0.05, 0.1) is 0 Å². The summed E-state index contributed by atoms with van der Waals surface area (Å²) in [5.41, 5.74) is 1.62. The maximum absolute atomic E-state index is 13.6. The Bertz CT molecular complexity index is 531. The number of hydrogen-bond donors (Lipinski definition) is 1. The van der Waals surface area contributed by atoms with Gasteiger partial charge < -0.3 is 5.32 Å². The second-order valence-corrected chi connectivity index (χ2v) is 4.98. The van der Waals surface area contributed by atoms with Crippen LogP contribution in [0.4, 0.5) is 4.39 Å². The van der Waals surface area contributed by atoms with Crippen LogP contribution in [0.15, 0.2) is 48.5 Å². The molecule has 0 heterocycles. The van der Waals surface area contributed by atoms with E-state index < -0.39 is 0 Å². The van der Waals surface area contributed by atoms with Gasteiger partial charge in [0.2, 0.25) is 0 Å². The first kappa shape index (κ1) is 14.3. The van der Waals surface area contributed by atoms with Gasteiger partial charge in [-0.25, -0.2) is 4.39 Å². The lowest BCUT2D eigenvalue weighted by Crippen LogP contribution is -2.22. The molecule has 0 aromatic heterocycles. The molecule has 2 rings (SSSR count). The molecule has 0 aliphatic rings. The maximum atomic E-state index is 13.6. The van der Waals surface area contributed by atoms with Crippen LogP contribution in [-0.4, -0.2) is 5.88 Å².